The number of nitrogens with zero attached hydrogens (tertiary/aromatic N) is 1. The summed E-state index contributed by atoms with van der Waals surface area (Å²) in [4.78, 5) is 15.8. The Kier molecular flexibility index (Phi) is 3.84. The van der Waals surface area contributed by atoms with Gasteiger partial charge in [-0.1, -0.05) is 0 Å². The molecule has 1 aromatic heterocycles. The van der Waals surface area contributed by atoms with Crippen molar-refractivity contribution in [3.05, 3.63) is 53.9 Å². The molecule has 4 nitrogen and oxygen atoms in total. The van der Waals surface area contributed by atoms with Crippen LogP contribution in [0.5, 0.6) is 5.75 Å². The van der Waals surface area contributed by atoms with Crippen LogP contribution in [0.1, 0.15) is 16.1 Å². The largest absolute Gasteiger partial charge is 0.508 e. The third kappa shape index (κ3) is 3.24. The van der Waals surface area contributed by atoms with E-state index in [0.29, 0.717) is 5.75 Å². The molecule has 0 saturated carbocycles. The van der Waals surface area contributed by atoms with Crippen LogP contribution >= 0.6 is 11.8 Å². The number of rotatable bonds is 4. The molecule has 0 fully saturated rings. The molecule has 1 aromatic carbocycles. The first-order valence-electron chi connectivity index (χ1n) is 5.25. The SMILES string of the molecule is O=C(O)c1ccc(CSc2ccc(O)cc2)nc1. The molecular weight excluding hydrogens is 250 g/mol. The minimum absolute atomic E-state index is 0.188. The van der Waals surface area contributed by atoms with Gasteiger partial charge in [-0.3, -0.25) is 4.98 Å². The second-order valence-corrected chi connectivity index (χ2v) is 4.67. The van der Waals surface area contributed by atoms with Gasteiger partial charge in [0, 0.05) is 16.8 Å². The summed E-state index contributed by atoms with van der Waals surface area (Å²) in [6, 6.07) is 10.2. The van der Waals surface area contributed by atoms with Crippen LogP contribution < -0.4 is 0 Å². The molecule has 0 bridgehead atoms. The third-order valence-electron chi connectivity index (χ3n) is 2.30. The highest BCUT2D eigenvalue weighted by Gasteiger charge is 2.03. The van der Waals surface area contributed by atoms with Crippen LogP contribution in [-0.2, 0) is 5.75 Å². The van der Waals surface area contributed by atoms with E-state index in [1.807, 2.05) is 12.1 Å². The number of thioether (sulfide) groups is 1. The molecule has 0 radical (unpaired) electrons. The van der Waals surface area contributed by atoms with Gasteiger partial charge in [0.1, 0.15) is 5.75 Å². The van der Waals surface area contributed by atoms with E-state index in [1.54, 1.807) is 36.0 Å². The van der Waals surface area contributed by atoms with Crippen molar-refractivity contribution in [1.29, 1.82) is 0 Å². The third-order valence-corrected chi connectivity index (χ3v) is 3.34. The summed E-state index contributed by atoms with van der Waals surface area (Å²) in [7, 11) is 0. The highest BCUT2D eigenvalue weighted by atomic mass is 32.2. The number of phenolic OH excluding ortho intramolecular Hbond substituents is 1. The van der Waals surface area contributed by atoms with Crippen molar-refractivity contribution in [2.75, 3.05) is 0 Å². The second kappa shape index (κ2) is 5.55. The number of aromatic nitrogens is 1. The Morgan fingerprint density at radius 1 is 1.17 bits per heavy atom. The van der Waals surface area contributed by atoms with Crippen LogP contribution in [0.3, 0.4) is 0 Å². The van der Waals surface area contributed by atoms with E-state index < -0.39 is 5.97 Å². The normalized spacial score (nSPS) is 10.2. The fourth-order valence-corrected chi connectivity index (χ4v) is 2.15. The molecule has 0 atom stereocenters. The van der Waals surface area contributed by atoms with Gasteiger partial charge in [-0.15, -0.1) is 11.8 Å². The quantitative estimate of drug-likeness (QED) is 0.828. The summed E-state index contributed by atoms with van der Waals surface area (Å²) in [5.41, 5.74) is 1.01. The monoisotopic (exact) mass is 261 g/mol. The minimum Gasteiger partial charge on any atom is -0.508 e. The van der Waals surface area contributed by atoms with Gasteiger partial charge in [0.05, 0.1) is 11.3 Å². The summed E-state index contributed by atoms with van der Waals surface area (Å²) >= 11 is 1.58. The van der Waals surface area contributed by atoms with Crippen LogP contribution in [0.4, 0.5) is 0 Å². The fourth-order valence-electron chi connectivity index (χ4n) is 1.34. The van der Waals surface area contributed by atoms with Crippen molar-refractivity contribution in [1.82, 2.24) is 4.98 Å². The second-order valence-electron chi connectivity index (χ2n) is 3.63. The number of hydrogen-bond acceptors (Lipinski definition) is 4. The molecule has 0 spiro atoms. The molecule has 92 valence electrons. The number of aromatic carboxylic acids is 1. The van der Waals surface area contributed by atoms with Crippen LogP contribution in [0.15, 0.2) is 47.5 Å². The number of hydrogen-bond donors (Lipinski definition) is 2. The molecule has 0 aliphatic heterocycles. The van der Waals surface area contributed by atoms with Crippen molar-refractivity contribution >= 4 is 17.7 Å². The van der Waals surface area contributed by atoms with Crippen molar-refractivity contribution in [3.63, 3.8) is 0 Å². The van der Waals surface area contributed by atoms with E-state index in [4.69, 9.17) is 10.2 Å². The Bertz CT molecular complexity index is 537. The van der Waals surface area contributed by atoms with Gasteiger partial charge in [-0.05, 0) is 36.4 Å². The maximum Gasteiger partial charge on any atom is 0.337 e. The highest BCUT2D eigenvalue weighted by Crippen LogP contribution is 2.23. The van der Waals surface area contributed by atoms with E-state index in [9.17, 15) is 4.79 Å². The Balaban J connectivity index is 1.97. The first kappa shape index (κ1) is 12.4. The number of aromatic hydroxyl groups is 1. The van der Waals surface area contributed by atoms with E-state index in [-0.39, 0.29) is 11.3 Å². The molecule has 0 aliphatic carbocycles. The lowest BCUT2D eigenvalue weighted by Gasteiger charge is -2.02. The van der Waals surface area contributed by atoms with Crippen LogP contribution in [0.2, 0.25) is 0 Å². The minimum atomic E-state index is -0.972. The number of carbonyl (C=O) groups is 1. The van der Waals surface area contributed by atoms with Gasteiger partial charge >= 0.3 is 5.97 Å². The maximum atomic E-state index is 10.7. The Morgan fingerprint density at radius 3 is 2.44 bits per heavy atom. The van der Waals surface area contributed by atoms with Gasteiger partial charge in [-0.2, -0.15) is 0 Å². The molecule has 0 aliphatic rings. The summed E-state index contributed by atoms with van der Waals surface area (Å²) in [5, 5.41) is 17.9. The topological polar surface area (TPSA) is 70.4 Å². The molecule has 5 heteroatoms. The number of benzene rings is 1. The van der Waals surface area contributed by atoms with Crippen molar-refractivity contribution in [3.8, 4) is 5.75 Å². The van der Waals surface area contributed by atoms with Crippen molar-refractivity contribution in [2.24, 2.45) is 0 Å². The first-order valence-corrected chi connectivity index (χ1v) is 6.24. The lowest BCUT2D eigenvalue weighted by molar-refractivity contribution is 0.0696. The number of carboxylic acid groups (broad SMARTS) is 1. The maximum absolute atomic E-state index is 10.7. The lowest BCUT2D eigenvalue weighted by Crippen LogP contribution is -1.97. The van der Waals surface area contributed by atoms with Gasteiger partial charge in [0.2, 0.25) is 0 Å². The summed E-state index contributed by atoms with van der Waals surface area (Å²) in [6.45, 7) is 0. The molecule has 0 saturated heterocycles. The molecule has 0 unspecified atom stereocenters. The van der Waals surface area contributed by atoms with Gasteiger partial charge in [0.25, 0.3) is 0 Å². The molecule has 1 heterocycles. The van der Waals surface area contributed by atoms with E-state index in [0.717, 1.165) is 10.6 Å². The Morgan fingerprint density at radius 2 is 1.89 bits per heavy atom. The fraction of sp³-hybridized carbons (Fsp3) is 0.0769. The average molecular weight is 261 g/mol. The standard InChI is InChI=1S/C13H11NO3S/c15-11-3-5-12(6-4-11)18-8-10-2-1-9(7-14-10)13(16)17/h1-7,15H,8H2,(H,16,17). The molecule has 2 N–H and O–H groups in total. The predicted octanol–water partition coefficient (Wildman–Crippen LogP) is 2.78. The first-order chi connectivity index (χ1) is 8.65. The lowest BCUT2D eigenvalue weighted by atomic mass is 10.2. The van der Waals surface area contributed by atoms with Crippen molar-refractivity contribution < 1.29 is 15.0 Å². The van der Waals surface area contributed by atoms with E-state index in [2.05, 4.69) is 4.98 Å². The molecule has 2 rings (SSSR count). The predicted molar refractivity (Wildman–Crippen MR) is 68.9 cm³/mol. The number of phenols is 1. The van der Waals surface area contributed by atoms with Gasteiger partial charge in [-0.25, -0.2) is 4.79 Å². The zero-order valence-corrected chi connectivity index (χ0v) is 10.2. The average Bonchev–Trinajstić information content (AvgIpc) is 2.38. The Labute approximate surface area is 108 Å². The zero-order valence-electron chi connectivity index (χ0n) is 9.41. The van der Waals surface area contributed by atoms with Crippen LogP contribution in [0.25, 0.3) is 0 Å². The summed E-state index contributed by atoms with van der Waals surface area (Å²) in [5.74, 6) is -0.0754. The molecule has 0 amide bonds. The molecule has 18 heavy (non-hydrogen) atoms. The van der Waals surface area contributed by atoms with Crippen LogP contribution in [-0.4, -0.2) is 21.2 Å². The molecule has 2 aromatic rings. The smallest absolute Gasteiger partial charge is 0.337 e. The van der Waals surface area contributed by atoms with Crippen LogP contribution in [0, 0.1) is 0 Å². The number of pyridine rings is 1. The van der Waals surface area contributed by atoms with Gasteiger partial charge in [0.15, 0.2) is 0 Å². The number of carboxylic acids is 1. The summed E-state index contributed by atoms with van der Waals surface area (Å²) in [6.07, 6.45) is 1.36. The Hall–Kier alpha value is -2.01. The summed E-state index contributed by atoms with van der Waals surface area (Å²) < 4.78 is 0. The molecular formula is C13H11NO3S. The highest BCUT2D eigenvalue weighted by molar-refractivity contribution is 7.98. The van der Waals surface area contributed by atoms with E-state index in [1.165, 1.54) is 6.20 Å². The van der Waals surface area contributed by atoms with Crippen molar-refractivity contribution in [2.45, 2.75) is 10.6 Å². The van der Waals surface area contributed by atoms with E-state index >= 15 is 0 Å². The zero-order chi connectivity index (χ0) is 13.0. The van der Waals surface area contributed by atoms with Gasteiger partial charge < -0.3 is 10.2 Å².